The van der Waals surface area contributed by atoms with E-state index in [1.807, 2.05) is 60.7 Å². The van der Waals surface area contributed by atoms with Gasteiger partial charge >= 0.3 is 6.09 Å². The van der Waals surface area contributed by atoms with Crippen molar-refractivity contribution in [2.75, 3.05) is 0 Å². The standard InChI is InChI=1S/C28H37N3O4Si/c1-28(2,3)36(4,5)18-12-17-23(25(29)32)30-26(33)24(19-21-13-8-6-9-14-21)31-27(34)35-20-22-15-10-7-11-16-22/h6-11,13-16,23-24H,17,19-20H2,1-5H3,(H2,29,32)(H,30,33)(H,31,34)/t23-,24+/m0/s1. The van der Waals surface area contributed by atoms with Crippen LogP contribution in [0, 0.1) is 11.5 Å². The van der Waals surface area contributed by atoms with E-state index in [1.165, 1.54) is 0 Å². The van der Waals surface area contributed by atoms with Crippen molar-refractivity contribution in [1.29, 1.82) is 0 Å². The van der Waals surface area contributed by atoms with E-state index < -0.39 is 38.1 Å². The molecular weight excluding hydrogens is 470 g/mol. The highest BCUT2D eigenvalue weighted by Gasteiger charge is 2.34. The minimum atomic E-state index is -1.88. The van der Waals surface area contributed by atoms with E-state index in [-0.39, 0.29) is 24.5 Å². The molecule has 2 aromatic carbocycles. The lowest BCUT2D eigenvalue weighted by atomic mass is 10.0. The molecule has 7 nitrogen and oxygen atoms in total. The quantitative estimate of drug-likeness (QED) is 0.353. The molecule has 0 saturated carbocycles. The fourth-order valence-electron chi connectivity index (χ4n) is 3.02. The molecular formula is C28H37N3O4Si. The highest BCUT2D eigenvalue weighted by atomic mass is 28.3. The van der Waals surface area contributed by atoms with E-state index in [9.17, 15) is 14.4 Å². The van der Waals surface area contributed by atoms with Crippen LogP contribution in [0.3, 0.4) is 0 Å². The summed E-state index contributed by atoms with van der Waals surface area (Å²) >= 11 is 0. The molecule has 192 valence electrons. The van der Waals surface area contributed by atoms with Crippen molar-refractivity contribution < 1.29 is 19.1 Å². The van der Waals surface area contributed by atoms with Crippen molar-refractivity contribution in [2.24, 2.45) is 5.73 Å². The number of hydrogen-bond donors (Lipinski definition) is 3. The molecule has 0 fully saturated rings. The van der Waals surface area contributed by atoms with Crippen LogP contribution in [0.25, 0.3) is 0 Å². The minimum absolute atomic E-state index is 0.0658. The number of carbonyl (C=O) groups is 3. The van der Waals surface area contributed by atoms with Crippen LogP contribution in [0.4, 0.5) is 4.79 Å². The van der Waals surface area contributed by atoms with Gasteiger partial charge in [0.25, 0.3) is 0 Å². The molecule has 0 aromatic heterocycles. The third kappa shape index (κ3) is 9.23. The SMILES string of the molecule is CC(C)(C)[Si](C)(C)C#CC[C@H](NC(=O)[C@@H](Cc1ccccc1)NC(=O)OCc1ccccc1)C(N)=O. The van der Waals surface area contributed by atoms with Crippen LogP contribution in [0.15, 0.2) is 60.7 Å². The van der Waals surface area contributed by atoms with Gasteiger partial charge in [-0.1, -0.05) is 94.5 Å². The van der Waals surface area contributed by atoms with Gasteiger partial charge in [0.15, 0.2) is 0 Å². The van der Waals surface area contributed by atoms with Gasteiger partial charge in [0.05, 0.1) is 0 Å². The first-order valence-corrected chi connectivity index (χ1v) is 15.0. The number of nitrogens with one attached hydrogen (secondary N) is 2. The normalized spacial score (nSPS) is 12.9. The molecule has 3 amide bonds. The average molecular weight is 508 g/mol. The maximum absolute atomic E-state index is 13.2. The van der Waals surface area contributed by atoms with Crippen molar-refractivity contribution in [1.82, 2.24) is 10.6 Å². The lowest BCUT2D eigenvalue weighted by Gasteiger charge is -2.31. The second-order valence-corrected chi connectivity index (χ2v) is 15.3. The summed E-state index contributed by atoms with van der Waals surface area (Å²) in [5, 5.41) is 5.36. The van der Waals surface area contributed by atoms with Crippen LogP contribution in [0.1, 0.15) is 38.3 Å². The average Bonchev–Trinajstić information content (AvgIpc) is 2.82. The first kappa shape index (κ1) is 28.7. The predicted molar refractivity (Wildman–Crippen MR) is 144 cm³/mol. The number of carbonyl (C=O) groups excluding carboxylic acids is 3. The summed E-state index contributed by atoms with van der Waals surface area (Å²) in [7, 11) is -1.88. The Bertz CT molecular complexity index is 1090. The maximum Gasteiger partial charge on any atom is 0.408 e. The highest BCUT2D eigenvalue weighted by Crippen LogP contribution is 2.35. The van der Waals surface area contributed by atoms with Gasteiger partial charge in [-0.15, -0.1) is 11.5 Å². The molecule has 0 bridgehead atoms. The van der Waals surface area contributed by atoms with Crippen molar-refractivity contribution >= 4 is 26.0 Å². The second-order valence-electron chi connectivity index (χ2n) is 10.3. The number of benzene rings is 2. The number of rotatable bonds is 9. The van der Waals surface area contributed by atoms with Crippen molar-refractivity contribution in [3.8, 4) is 11.5 Å². The summed E-state index contributed by atoms with van der Waals surface area (Å²) in [6.45, 7) is 10.9. The van der Waals surface area contributed by atoms with E-state index in [4.69, 9.17) is 10.5 Å². The van der Waals surface area contributed by atoms with Gasteiger partial charge in [0.2, 0.25) is 11.8 Å². The third-order valence-electron chi connectivity index (χ3n) is 6.35. The Kier molecular flexibility index (Phi) is 10.3. The van der Waals surface area contributed by atoms with Crippen molar-refractivity contribution in [3.05, 3.63) is 71.8 Å². The summed E-state index contributed by atoms with van der Waals surface area (Å²) in [5.41, 5.74) is 10.6. The summed E-state index contributed by atoms with van der Waals surface area (Å²) in [6, 6.07) is 16.6. The van der Waals surface area contributed by atoms with Gasteiger partial charge in [-0.05, 0) is 16.2 Å². The van der Waals surface area contributed by atoms with Crippen molar-refractivity contribution in [2.45, 2.75) is 70.4 Å². The zero-order valence-corrected chi connectivity index (χ0v) is 22.8. The topological polar surface area (TPSA) is 111 Å². The first-order chi connectivity index (χ1) is 16.9. The third-order valence-corrected chi connectivity index (χ3v) is 10.9. The number of amides is 3. The monoisotopic (exact) mass is 507 g/mol. The molecule has 0 aliphatic heterocycles. The van der Waals surface area contributed by atoms with E-state index >= 15 is 0 Å². The molecule has 0 heterocycles. The van der Waals surface area contributed by atoms with E-state index in [0.717, 1.165) is 11.1 Å². The van der Waals surface area contributed by atoms with Crippen LogP contribution in [-0.2, 0) is 27.4 Å². The Morgan fingerprint density at radius 2 is 1.47 bits per heavy atom. The lowest BCUT2D eigenvalue weighted by Crippen LogP contribution is -2.53. The number of alkyl carbamates (subject to hydrolysis) is 1. The van der Waals surface area contributed by atoms with E-state index in [1.54, 1.807) is 0 Å². The summed E-state index contributed by atoms with van der Waals surface area (Å²) < 4.78 is 5.29. The number of hydrogen-bond acceptors (Lipinski definition) is 4. The Balaban J connectivity index is 2.11. The van der Waals surface area contributed by atoms with Crippen molar-refractivity contribution in [3.63, 3.8) is 0 Å². The molecule has 2 rings (SSSR count). The van der Waals surface area contributed by atoms with Crippen LogP contribution in [0.5, 0.6) is 0 Å². The molecule has 0 aliphatic carbocycles. The fraction of sp³-hybridized carbons (Fsp3) is 0.393. The van der Waals surface area contributed by atoms with Gasteiger partial charge in [-0.2, -0.15) is 0 Å². The van der Waals surface area contributed by atoms with Gasteiger partial charge in [0, 0.05) is 12.8 Å². The Labute approximate surface area is 215 Å². The molecule has 0 saturated heterocycles. The van der Waals surface area contributed by atoms with E-state index in [0.29, 0.717) is 0 Å². The molecule has 8 heteroatoms. The Morgan fingerprint density at radius 1 is 0.917 bits per heavy atom. The molecule has 4 N–H and O–H groups in total. The Hall–Kier alpha value is -3.57. The summed E-state index contributed by atoms with van der Waals surface area (Å²) in [5.74, 6) is 1.85. The zero-order chi connectivity index (χ0) is 26.8. The second kappa shape index (κ2) is 12.9. The molecule has 2 aromatic rings. The summed E-state index contributed by atoms with van der Waals surface area (Å²) in [4.78, 5) is 37.7. The number of ether oxygens (including phenoxy) is 1. The largest absolute Gasteiger partial charge is 0.445 e. The number of nitrogens with two attached hydrogens (primary N) is 1. The predicted octanol–water partition coefficient (Wildman–Crippen LogP) is 3.94. The molecule has 0 spiro atoms. The van der Waals surface area contributed by atoms with Gasteiger partial charge in [-0.25, -0.2) is 4.79 Å². The van der Waals surface area contributed by atoms with Crippen LogP contribution < -0.4 is 16.4 Å². The minimum Gasteiger partial charge on any atom is -0.445 e. The molecule has 0 radical (unpaired) electrons. The smallest absolute Gasteiger partial charge is 0.408 e. The van der Waals surface area contributed by atoms with Gasteiger partial charge < -0.3 is 21.1 Å². The molecule has 0 unspecified atom stereocenters. The van der Waals surface area contributed by atoms with Crippen LogP contribution >= 0.6 is 0 Å². The molecule has 0 aliphatic rings. The Morgan fingerprint density at radius 3 is 2.00 bits per heavy atom. The number of primary amides is 1. The van der Waals surface area contributed by atoms with Crippen LogP contribution in [-0.4, -0.2) is 38.1 Å². The summed E-state index contributed by atoms with van der Waals surface area (Å²) in [6.07, 6.45) is -0.415. The first-order valence-electron chi connectivity index (χ1n) is 12.0. The van der Waals surface area contributed by atoms with E-state index in [2.05, 4.69) is 56.0 Å². The molecule has 36 heavy (non-hydrogen) atoms. The maximum atomic E-state index is 13.2. The molecule has 2 atom stereocenters. The highest BCUT2D eigenvalue weighted by molar-refractivity contribution is 6.87. The van der Waals surface area contributed by atoms with Crippen LogP contribution in [0.2, 0.25) is 18.1 Å². The fourth-order valence-corrected chi connectivity index (χ4v) is 3.94. The lowest BCUT2D eigenvalue weighted by molar-refractivity contribution is -0.128. The van der Waals surface area contributed by atoms with Gasteiger partial charge in [-0.3, -0.25) is 9.59 Å². The van der Waals surface area contributed by atoms with Gasteiger partial charge in [0.1, 0.15) is 26.8 Å². The zero-order valence-electron chi connectivity index (χ0n) is 21.8.